The second-order valence-electron chi connectivity index (χ2n) is 4.64. The highest BCUT2D eigenvalue weighted by Crippen LogP contribution is 2.39. The van der Waals surface area contributed by atoms with Crippen LogP contribution < -0.4 is 11.3 Å². The summed E-state index contributed by atoms with van der Waals surface area (Å²) in [6.45, 7) is 0. The van der Waals surface area contributed by atoms with Crippen LogP contribution in [0.4, 0.5) is 5.82 Å². The van der Waals surface area contributed by atoms with Crippen LogP contribution in [0.1, 0.15) is 30.1 Å². The van der Waals surface area contributed by atoms with Crippen LogP contribution in [0.3, 0.4) is 0 Å². The molecule has 1 fully saturated rings. The first-order valence-corrected chi connectivity index (χ1v) is 7.36. The number of benzene rings is 1. The molecule has 3 rings (SSSR count). The highest BCUT2D eigenvalue weighted by Gasteiger charge is 2.27. The second-order valence-corrected chi connectivity index (χ2v) is 5.64. The van der Waals surface area contributed by atoms with Gasteiger partial charge < -0.3 is 5.43 Å². The largest absolute Gasteiger partial charge is 0.308 e. The van der Waals surface area contributed by atoms with Gasteiger partial charge in [-0.2, -0.15) is 0 Å². The molecule has 0 aliphatic heterocycles. The van der Waals surface area contributed by atoms with Gasteiger partial charge in [0.05, 0.1) is 0 Å². The van der Waals surface area contributed by atoms with Crippen LogP contribution >= 0.6 is 11.8 Å². The van der Waals surface area contributed by atoms with E-state index in [4.69, 9.17) is 5.84 Å². The molecule has 1 aliphatic carbocycles. The summed E-state index contributed by atoms with van der Waals surface area (Å²) in [5, 5.41) is 0.980. The molecule has 1 aromatic heterocycles. The van der Waals surface area contributed by atoms with Gasteiger partial charge >= 0.3 is 0 Å². The number of thioether (sulfide) groups is 1. The highest BCUT2D eigenvalue weighted by atomic mass is 32.2. The van der Waals surface area contributed by atoms with E-state index in [1.165, 1.54) is 18.4 Å². The summed E-state index contributed by atoms with van der Waals surface area (Å²) in [5.74, 6) is 8.53. The lowest BCUT2D eigenvalue weighted by Crippen LogP contribution is -2.10. The van der Waals surface area contributed by atoms with Crippen LogP contribution in [-0.2, 0) is 5.75 Å². The molecule has 0 bridgehead atoms. The Morgan fingerprint density at radius 3 is 2.68 bits per heavy atom. The third-order valence-corrected chi connectivity index (χ3v) is 4.02. The second kappa shape index (κ2) is 5.59. The first-order chi connectivity index (χ1) is 9.35. The topological polar surface area (TPSA) is 63.8 Å². The predicted molar refractivity (Wildman–Crippen MR) is 77.8 cm³/mol. The Labute approximate surface area is 116 Å². The number of nitrogens with zero attached hydrogens (tertiary/aromatic N) is 2. The van der Waals surface area contributed by atoms with Crippen molar-refractivity contribution in [3.05, 3.63) is 47.8 Å². The minimum absolute atomic E-state index is 0.532. The van der Waals surface area contributed by atoms with E-state index in [0.29, 0.717) is 11.7 Å². The molecule has 0 unspecified atom stereocenters. The van der Waals surface area contributed by atoms with Crippen molar-refractivity contribution < 1.29 is 0 Å². The predicted octanol–water partition coefficient (Wildman–Crippen LogP) is 2.93. The van der Waals surface area contributed by atoms with Crippen LogP contribution in [0.15, 0.2) is 41.4 Å². The average Bonchev–Trinajstić information content (AvgIpc) is 3.30. The number of aromatic nitrogens is 2. The lowest BCUT2D eigenvalue weighted by Gasteiger charge is -2.07. The molecule has 98 valence electrons. The van der Waals surface area contributed by atoms with E-state index < -0.39 is 0 Å². The Balaban J connectivity index is 1.74. The Morgan fingerprint density at radius 2 is 2.00 bits per heavy atom. The molecule has 0 atom stereocenters. The summed E-state index contributed by atoms with van der Waals surface area (Å²) in [4.78, 5) is 9.02. The SMILES string of the molecule is NNc1cc(SCc2ccccc2)nc(C2CC2)n1. The van der Waals surface area contributed by atoms with Crippen molar-refractivity contribution >= 4 is 17.6 Å². The van der Waals surface area contributed by atoms with Gasteiger partial charge in [0.25, 0.3) is 0 Å². The van der Waals surface area contributed by atoms with Crippen molar-refractivity contribution in [1.29, 1.82) is 0 Å². The Bertz CT molecular complexity index is 555. The molecule has 1 aliphatic rings. The van der Waals surface area contributed by atoms with Gasteiger partial charge in [0.15, 0.2) is 0 Å². The summed E-state index contributed by atoms with van der Waals surface area (Å²) < 4.78 is 0. The van der Waals surface area contributed by atoms with Crippen molar-refractivity contribution in [2.24, 2.45) is 5.84 Å². The molecule has 0 amide bonds. The minimum Gasteiger partial charge on any atom is -0.308 e. The summed E-state index contributed by atoms with van der Waals surface area (Å²) in [6, 6.07) is 12.3. The third kappa shape index (κ3) is 3.24. The molecule has 0 saturated heterocycles. The van der Waals surface area contributed by atoms with Crippen molar-refractivity contribution in [2.75, 3.05) is 5.43 Å². The van der Waals surface area contributed by atoms with Crippen molar-refractivity contribution in [3.63, 3.8) is 0 Å². The fraction of sp³-hybridized carbons (Fsp3) is 0.286. The van der Waals surface area contributed by atoms with Gasteiger partial charge in [0.2, 0.25) is 0 Å². The maximum Gasteiger partial charge on any atom is 0.144 e. The molecule has 0 radical (unpaired) electrons. The first kappa shape index (κ1) is 12.4. The number of hydrazine groups is 1. The van der Waals surface area contributed by atoms with E-state index in [0.717, 1.165) is 16.6 Å². The van der Waals surface area contributed by atoms with Gasteiger partial charge in [-0.3, -0.25) is 0 Å². The number of nitrogen functional groups attached to an aromatic ring is 1. The number of nitrogens with two attached hydrogens (primary N) is 1. The Kier molecular flexibility index (Phi) is 3.66. The highest BCUT2D eigenvalue weighted by molar-refractivity contribution is 7.98. The summed E-state index contributed by atoms with van der Waals surface area (Å²) in [5.41, 5.74) is 3.92. The molecule has 1 aromatic carbocycles. The van der Waals surface area contributed by atoms with E-state index in [-0.39, 0.29) is 0 Å². The van der Waals surface area contributed by atoms with Crippen LogP contribution in [0.2, 0.25) is 0 Å². The van der Waals surface area contributed by atoms with Crippen molar-refractivity contribution in [1.82, 2.24) is 9.97 Å². The fourth-order valence-electron chi connectivity index (χ4n) is 1.85. The summed E-state index contributed by atoms with van der Waals surface area (Å²) >= 11 is 1.72. The normalized spacial score (nSPS) is 14.4. The molecular weight excluding hydrogens is 256 g/mol. The van der Waals surface area contributed by atoms with Crippen molar-refractivity contribution in [3.8, 4) is 0 Å². The zero-order chi connectivity index (χ0) is 13.1. The standard InChI is InChI=1S/C14H16N4S/c15-18-12-8-13(17-14(16-12)11-6-7-11)19-9-10-4-2-1-3-5-10/h1-5,8,11H,6-7,9,15H2,(H,16,17,18). The lowest BCUT2D eigenvalue weighted by atomic mass is 10.2. The average molecular weight is 272 g/mol. The van der Waals surface area contributed by atoms with E-state index in [9.17, 15) is 0 Å². The quantitative estimate of drug-likeness (QED) is 0.379. The van der Waals surface area contributed by atoms with Crippen LogP contribution in [0.5, 0.6) is 0 Å². The third-order valence-electron chi connectivity index (χ3n) is 3.04. The number of nitrogens with one attached hydrogen (secondary N) is 1. The molecule has 5 heteroatoms. The van der Waals surface area contributed by atoms with Gasteiger partial charge in [0, 0.05) is 17.7 Å². The summed E-state index contributed by atoms with van der Waals surface area (Å²) in [7, 11) is 0. The number of anilines is 1. The molecule has 1 saturated carbocycles. The molecule has 2 aromatic rings. The fourth-order valence-corrected chi connectivity index (χ4v) is 2.71. The molecular formula is C14H16N4S. The molecule has 1 heterocycles. The Morgan fingerprint density at radius 1 is 1.21 bits per heavy atom. The molecule has 19 heavy (non-hydrogen) atoms. The number of hydrogen-bond acceptors (Lipinski definition) is 5. The van der Waals surface area contributed by atoms with Gasteiger partial charge in [0.1, 0.15) is 16.7 Å². The van der Waals surface area contributed by atoms with Crippen LogP contribution in [0, 0.1) is 0 Å². The van der Waals surface area contributed by atoms with Crippen LogP contribution in [0.25, 0.3) is 0 Å². The van der Waals surface area contributed by atoms with Gasteiger partial charge in [-0.25, -0.2) is 15.8 Å². The molecule has 0 spiro atoms. The van der Waals surface area contributed by atoms with E-state index in [2.05, 4.69) is 39.7 Å². The molecule has 3 N–H and O–H groups in total. The summed E-state index contributed by atoms with van der Waals surface area (Å²) in [6.07, 6.45) is 2.38. The number of rotatable bonds is 5. The van der Waals surface area contributed by atoms with Crippen molar-refractivity contribution in [2.45, 2.75) is 29.5 Å². The smallest absolute Gasteiger partial charge is 0.144 e. The van der Waals surface area contributed by atoms with E-state index in [1.54, 1.807) is 11.8 Å². The van der Waals surface area contributed by atoms with Crippen LogP contribution in [-0.4, -0.2) is 9.97 Å². The van der Waals surface area contributed by atoms with Gasteiger partial charge in [-0.15, -0.1) is 11.8 Å². The minimum atomic E-state index is 0.532. The Hall–Kier alpha value is -1.59. The zero-order valence-corrected chi connectivity index (χ0v) is 11.4. The zero-order valence-electron chi connectivity index (χ0n) is 10.5. The van der Waals surface area contributed by atoms with E-state index in [1.807, 2.05) is 12.1 Å². The maximum absolute atomic E-state index is 5.47. The maximum atomic E-state index is 5.47. The van der Waals surface area contributed by atoms with Gasteiger partial charge in [-0.1, -0.05) is 30.3 Å². The lowest BCUT2D eigenvalue weighted by molar-refractivity contribution is 0.878. The first-order valence-electron chi connectivity index (χ1n) is 6.37. The van der Waals surface area contributed by atoms with Gasteiger partial charge in [-0.05, 0) is 18.4 Å². The monoisotopic (exact) mass is 272 g/mol. The number of hydrogen-bond donors (Lipinski definition) is 2. The molecule has 4 nitrogen and oxygen atoms in total. The van der Waals surface area contributed by atoms with E-state index >= 15 is 0 Å².